The Labute approximate surface area is 160 Å². The van der Waals surface area contributed by atoms with E-state index in [2.05, 4.69) is 15.2 Å². The van der Waals surface area contributed by atoms with Crippen LogP contribution in [-0.2, 0) is 6.18 Å². The predicted molar refractivity (Wildman–Crippen MR) is 96.2 cm³/mol. The van der Waals surface area contributed by atoms with Crippen LogP contribution in [0.15, 0.2) is 42.7 Å². The van der Waals surface area contributed by atoms with Crippen molar-refractivity contribution in [1.82, 2.24) is 15.2 Å². The molecule has 1 amide bonds. The standard InChI is InChI=1S/C20H20F3N3O2/c21-20(22,23)15-9-17(11-24-10-15)28-16-3-1-14(2-4-16)19(27)25-18-12-26-7-5-13(18)6-8-26/h1-4,9-11,13,18H,5-8,12H2,(H,25,27). The number of alkyl halides is 3. The number of benzene rings is 1. The van der Waals surface area contributed by atoms with Crippen molar-refractivity contribution in [2.24, 2.45) is 5.92 Å². The Morgan fingerprint density at radius 1 is 1.11 bits per heavy atom. The van der Waals surface area contributed by atoms with Gasteiger partial charge in [0, 0.05) is 24.3 Å². The summed E-state index contributed by atoms with van der Waals surface area (Å²) in [6.45, 7) is 3.10. The van der Waals surface area contributed by atoms with Crippen LogP contribution in [0.5, 0.6) is 11.5 Å². The van der Waals surface area contributed by atoms with Crippen LogP contribution in [-0.4, -0.2) is 41.5 Å². The van der Waals surface area contributed by atoms with Gasteiger partial charge in [0.2, 0.25) is 0 Å². The van der Waals surface area contributed by atoms with Crippen molar-refractivity contribution in [3.8, 4) is 11.5 Å². The molecular weight excluding hydrogens is 371 g/mol. The van der Waals surface area contributed by atoms with Crippen molar-refractivity contribution in [2.75, 3.05) is 19.6 Å². The molecule has 5 rings (SSSR count). The van der Waals surface area contributed by atoms with Crippen LogP contribution in [0.4, 0.5) is 13.2 Å². The molecule has 1 N–H and O–H groups in total. The molecule has 2 aromatic rings. The molecule has 8 heteroatoms. The monoisotopic (exact) mass is 391 g/mol. The number of hydrogen-bond donors (Lipinski definition) is 1. The van der Waals surface area contributed by atoms with Crippen LogP contribution in [0.2, 0.25) is 0 Å². The molecule has 0 saturated carbocycles. The Morgan fingerprint density at radius 3 is 2.43 bits per heavy atom. The minimum Gasteiger partial charge on any atom is -0.456 e. The van der Waals surface area contributed by atoms with Gasteiger partial charge in [0.15, 0.2) is 0 Å². The van der Waals surface area contributed by atoms with E-state index < -0.39 is 11.7 Å². The minimum absolute atomic E-state index is 0.0145. The lowest BCUT2D eigenvalue weighted by molar-refractivity contribution is -0.137. The molecule has 0 spiro atoms. The molecule has 148 valence electrons. The number of rotatable bonds is 4. The van der Waals surface area contributed by atoms with Crippen LogP contribution in [0, 0.1) is 5.92 Å². The molecule has 3 fully saturated rings. The highest BCUT2D eigenvalue weighted by atomic mass is 19.4. The third-order valence-corrected chi connectivity index (χ3v) is 5.37. The van der Waals surface area contributed by atoms with Gasteiger partial charge in [0.25, 0.3) is 5.91 Å². The molecule has 1 unspecified atom stereocenters. The average Bonchev–Trinajstić information content (AvgIpc) is 2.69. The van der Waals surface area contributed by atoms with E-state index in [0.29, 0.717) is 17.2 Å². The van der Waals surface area contributed by atoms with Crippen LogP contribution in [0.25, 0.3) is 0 Å². The zero-order chi connectivity index (χ0) is 19.7. The lowest BCUT2D eigenvalue weighted by Gasteiger charge is -2.44. The number of piperidine rings is 3. The Balaban J connectivity index is 1.39. The van der Waals surface area contributed by atoms with Crippen LogP contribution >= 0.6 is 0 Å². The number of fused-ring (bicyclic) bond motifs is 3. The number of nitrogens with zero attached hydrogens (tertiary/aromatic N) is 2. The number of pyridine rings is 1. The molecular formula is C20H20F3N3O2. The molecule has 0 radical (unpaired) electrons. The summed E-state index contributed by atoms with van der Waals surface area (Å²) in [6, 6.07) is 7.39. The summed E-state index contributed by atoms with van der Waals surface area (Å²) in [4.78, 5) is 18.4. The molecule has 1 atom stereocenters. The molecule has 28 heavy (non-hydrogen) atoms. The third kappa shape index (κ3) is 4.11. The molecule has 0 aliphatic carbocycles. The topological polar surface area (TPSA) is 54.5 Å². The van der Waals surface area contributed by atoms with Crippen molar-refractivity contribution in [3.05, 3.63) is 53.9 Å². The highest BCUT2D eigenvalue weighted by Gasteiger charge is 2.35. The summed E-state index contributed by atoms with van der Waals surface area (Å²) in [5, 5.41) is 3.10. The Hall–Kier alpha value is -2.61. The SMILES string of the molecule is O=C(NC1CN2CCC1CC2)c1ccc(Oc2cncc(C(F)(F)F)c2)cc1. The molecule has 5 nitrogen and oxygen atoms in total. The fourth-order valence-corrected chi connectivity index (χ4v) is 3.82. The molecule has 3 aliphatic rings. The quantitative estimate of drug-likeness (QED) is 0.863. The van der Waals surface area contributed by atoms with Gasteiger partial charge >= 0.3 is 6.18 Å². The Morgan fingerprint density at radius 2 is 1.82 bits per heavy atom. The van der Waals surface area contributed by atoms with Crippen LogP contribution in [0.1, 0.15) is 28.8 Å². The summed E-state index contributed by atoms with van der Waals surface area (Å²) in [5.74, 6) is 0.704. The van der Waals surface area contributed by atoms with E-state index in [1.807, 2.05) is 0 Å². The molecule has 3 saturated heterocycles. The highest BCUT2D eigenvalue weighted by molar-refractivity contribution is 5.94. The first-order valence-corrected chi connectivity index (χ1v) is 9.22. The first kappa shape index (κ1) is 18.7. The van der Waals surface area contributed by atoms with E-state index in [4.69, 9.17) is 4.74 Å². The number of nitrogens with one attached hydrogen (secondary N) is 1. The van der Waals surface area contributed by atoms with Crippen molar-refractivity contribution < 1.29 is 22.7 Å². The van der Waals surface area contributed by atoms with Gasteiger partial charge in [-0.15, -0.1) is 0 Å². The van der Waals surface area contributed by atoms with Crippen molar-refractivity contribution in [2.45, 2.75) is 25.1 Å². The molecule has 4 heterocycles. The van der Waals surface area contributed by atoms with Gasteiger partial charge in [-0.1, -0.05) is 0 Å². The number of ether oxygens (including phenoxy) is 1. The number of amides is 1. The zero-order valence-electron chi connectivity index (χ0n) is 15.1. The minimum atomic E-state index is -4.48. The molecule has 1 aromatic carbocycles. The summed E-state index contributed by atoms with van der Waals surface area (Å²) < 4.78 is 43.7. The van der Waals surface area contributed by atoms with Gasteiger partial charge < -0.3 is 15.0 Å². The van der Waals surface area contributed by atoms with Crippen LogP contribution < -0.4 is 10.1 Å². The van der Waals surface area contributed by atoms with Gasteiger partial charge in [-0.2, -0.15) is 13.2 Å². The van der Waals surface area contributed by atoms with Gasteiger partial charge in [-0.05, 0) is 62.2 Å². The number of aromatic nitrogens is 1. The zero-order valence-corrected chi connectivity index (χ0v) is 15.1. The van der Waals surface area contributed by atoms with E-state index in [9.17, 15) is 18.0 Å². The molecule has 2 bridgehead atoms. The number of hydrogen-bond acceptors (Lipinski definition) is 4. The van der Waals surface area contributed by atoms with E-state index in [-0.39, 0.29) is 17.7 Å². The summed E-state index contributed by atoms with van der Waals surface area (Å²) in [6.07, 6.45) is -0.299. The molecule has 3 aliphatic heterocycles. The second-order valence-electron chi connectivity index (χ2n) is 7.25. The number of carbonyl (C=O) groups is 1. The maximum Gasteiger partial charge on any atom is 0.418 e. The van der Waals surface area contributed by atoms with Crippen LogP contribution in [0.3, 0.4) is 0 Å². The summed E-state index contributed by atoms with van der Waals surface area (Å²) in [7, 11) is 0. The highest BCUT2D eigenvalue weighted by Crippen LogP contribution is 2.32. The Kier molecular flexibility index (Phi) is 4.97. The maximum atomic E-state index is 12.8. The van der Waals surface area contributed by atoms with Crippen molar-refractivity contribution >= 4 is 5.91 Å². The van der Waals surface area contributed by atoms with E-state index >= 15 is 0 Å². The maximum absolute atomic E-state index is 12.8. The first-order chi connectivity index (χ1) is 13.4. The second-order valence-corrected chi connectivity index (χ2v) is 7.25. The lowest BCUT2D eigenvalue weighted by atomic mass is 9.84. The average molecular weight is 391 g/mol. The normalized spacial score (nSPS) is 24.0. The van der Waals surface area contributed by atoms with Gasteiger partial charge in [0.1, 0.15) is 11.5 Å². The summed E-state index contributed by atoms with van der Waals surface area (Å²) >= 11 is 0. The Bertz CT molecular complexity index is 847. The largest absolute Gasteiger partial charge is 0.456 e. The number of halogens is 3. The van der Waals surface area contributed by atoms with E-state index in [0.717, 1.165) is 44.7 Å². The fraction of sp³-hybridized carbons (Fsp3) is 0.400. The summed E-state index contributed by atoms with van der Waals surface area (Å²) in [5.41, 5.74) is -0.385. The second kappa shape index (κ2) is 7.43. The third-order valence-electron chi connectivity index (χ3n) is 5.37. The van der Waals surface area contributed by atoms with E-state index in [1.54, 1.807) is 24.3 Å². The van der Waals surface area contributed by atoms with Crippen molar-refractivity contribution in [3.63, 3.8) is 0 Å². The molecule has 1 aromatic heterocycles. The van der Waals surface area contributed by atoms with Gasteiger partial charge in [-0.25, -0.2) is 0 Å². The first-order valence-electron chi connectivity index (χ1n) is 9.22. The van der Waals surface area contributed by atoms with Crippen molar-refractivity contribution in [1.29, 1.82) is 0 Å². The predicted octanol–water partition coefficient (Wildman–Crippen LogP) is 3.72. The van der Waals surface area contributed by atoms with E-state index in [1.165, 1.54) is 6.20 Å². The van der Waals surface area contributed by atoms with Gasteiger partial charge in [-0.3, -0.25) is 9.78 Å². The fourth-order valence-electron chi connectivity index (χ4n) is 3.82. The smallest absolute Gasteiger partial charge is 0.418 e. The lowest BCUT2D eigenvalue weighted by Crippen LogP contribution is -2.57. The number of carbonyl (C=O) groups excluding carboxylic acids is 1. The van der Waals surface area contributed by atoms with Gasteiger partial charge in [0.05, 0.1) is 11.8 Å².